The molecule has 0 aliphatic carbocycles. The van der Waals surface area contributed by atoms with Gasteiger partial charge in [-0.05, 0) is 24.0 Å². The van der Waals surface area contributed by atoms with Crippen LogP contribution in [-0.2, 0) is 6.42 Å². The van der Waals surface area contributed by atoms with Crippen LogP contribution in [0.3, 0.4) is 0 Å². The number of benzene rings is 1. The Hall–Kier alpha value is -1.75. The minimum Gasteiger partial charge on any atom is -0.356 e. The van der Waals surface area contributed by atoms with E-state index in [1.807, 2.05) is 19.3 Å². The summed E-state index contributed by atoms with van der Waals surface area (Å²) in [6.07, 6.45) is 2.82. The second kappa shape index (κ2) is 8.56. The van der Waals surface area contributed by atoms with Crippen molar-refractivity contribution in [2.45, 2.75) is 25.5 Å². The van der Waals surface area contributed by atoms with Gasteiger partial charge in [0.1, 0.15) is 0 Å². The van der Waals surface area contributed by atoms with Gasteiger partial charge in [-0.1, -0.05) is 38.1 Å². The highest BCUT2D eigenvalue weighted by molar-refractivity contribution is 8.00. The van der Waals surface area contributed by atoms with Gasteiger partial charge in [0.2, 0.25) is 0 Å². The predicted octanol–water partition coefficient (Wildman–Crippen LogP) is 3.43. The Morgan fingerprint density at radius 1 is 1.36 bits per heavy atom. The molecule has 1 fully saturated rings. The van der Waals surface area contributed by atoms with Crippen molar-refractivity contribution >= 4 is 28.6 Å². The lowest BCUT2D eigenvalue weighted by atomic mass is 10.1. The molecule has 1 atom stereocenters. The third-order valence-electron chi connectivity index (χ3n) is 4.74. The van der Waals surface area contributed by atoms with Crippen molar-refractivity contribution in [2.75, 3.05) is 32.4 Å². The smallest absolute Gasteiger partial charge is 0.193 e. The largest absolute Gasteiger partial charge is 0.356 e. The van der Waals surface area contributed by atoms with Crippen molar-refractivity contribution in [3.05, 3.63) is 42.1 Å². The monoisotopic (exact) mass is 356 g/mol. The predicted molar refractivity (Wildman–Crippen MR) is 109 cm³/mol. The third kappa shape index (κ3) is 4.46. The van der Waals surface area contributed by atoms with Gasteiger partial charge in [0, 0.05) is 49.3 Å². The number of hydrogen-bond donors (Lipinski definition) is 1. The van der Waals surface area contributed by atoms with Crippen molar-refractivity contribution in [3.8, 4) is 0 Å². The first-order valence-corrected chi connectivity index (χ1v) is 10.1. The number of para-hydroxylation sites is 1. The Morgan fingerprint density at radius 2 is 2.20 bits per heavy atom. The molecule has 3 rings (SSSR count). The molecule has 0 saturated carbocycles. The lowest BCUT2D eigenvalue weighted by molar-refractivity contribution is 0.381. The van der Waals surface area contributed by atoms with E-state index in [4.69, 9.17) is 0 Å². The summed E-state index contributed by atoms with van der Waals surface area (Å²) in [5.41, 5.74) is 2.39. The molecule has 2 aromatic rings. The van der Waals surface area contributed by atoms with Gasteiger partial charge in [0.25, 0.3) is 0 Å². The van der Waals surface area contributed by atoms with Gasteiger partial charge in [-0.2, -0.15) is 11.8 Å². The van der Waals surface area contributed by atoms with Crippen molar-refractivity contribution in [3.63, 3.8) is 0 Å². The molecule has 1 aliphatic rings. The van der Waals surface area contributed by atoms with Crippen LogP contribution >= 0.6 is 11.8 Å². The summed E-state index contributed by atoms with van der Waals surface area (Å²) >= 11 is 2.09. The highest BCUT2D eigenvalue weighted by Gasteiger charge is 2.24. The molecule has 1 aromatic heterocycles. The quantitative estimate of drug-likeness (QED) is 0.673. The number of fused-ring (bicyclic) bond motifs is 1. The topological polar surface area (TPSA) is 40.5 Å². The summed E-state index contributed by atoms with van der Waals surface area (Å²) in [7, 11) is 1.88. The Balaban J connectivity index is 1.60. The highest BCUT2D eigenvalue weighted by atomic mass is 32.2. The number of aliphatic imine (C=N–C) groups is 1. The third-order valence-corrected chi connectivity index (χ3v) is 6.28. The number of pyridine rings is 1. The van der Waals surface area contributed by atoms with Gasteiger partial charge in [-0.15, -0.1) is 0 Å². The van der Waals surface area contributed by atoms with E-state index in [-0.39, 0.29) is 0 Å². The second-order valence-corrected chi connectivity index (χ2v) is 8.16. The number of aromatic nitrogens is 1. The maximum atomic E-state index is 4.55. The molecule has 1 saturated heterocycles. The van der Waals surface area contributed by atoms with E-state index in [2.05, 4.69) is 70.1 Å². The maximum absolute atomic E-state index is 4.55. The zero-order valence-electron chi connectivity index (χ0n) is 15.4. The van der Waals surface area contributed by atoms with E-state index in [9.17, 15) is 0 Å². The van der Waals surface area contributed by atoms with Gasteiger partial charge in [0.15, 0.2) is 5.96 Å². The first kappa shape index (κ1) is 18.1. The molecule has 0 amide bonds. The zero-order chi connectivity index (χ0) is 17.6. The zero-order valence-corrected chi connectivity index (χ0v) is 16.2. The molecule has 0 bridgehead atoms. The van der Waals surface area contributed by atoms with E-state index in [0.717, 1.165) is 37.5 Å². The first-order chi connectivity index (χ1) is 12.2. The number of hydrogen-bond acceptors (Lipinski definition) is 3. The molecule has 1 aromatic carbocycles. The molecule has 1 aliphatic heterocycles. The second-order valence-electron chi connectivity index (χ2n) is 6.82. The minimum atomic E-state index is 0.689. The SMILES string of the molecule is CN=C(NCCc1cccc2cccnc12)N1CCSC(C(C)C)C1. The first-order valence-electron chi connectivity index (χ1n) is 9.09. The van der Waals surface area contributed by atoms with Crippen LogP contribution in [0.1, 0.15) is 19.4 Å². The van der Waals surface area contributed by atoms with Crippen LogP contribution in [0.4, 0.5) is 0 Å². The summed E-state index contributed by atoms with van der Waals surface area (Å²) < 4.78 is 0. The average Bonchev–Trinajstić information content (AvgIpc) is 2.65. The van der Waals surface area contributed by atoms with Gasteiger partial charge in [0.05, 0.1) is 5.52 Å². The van der Waals surface area contributed by atoms with Crippen LogP contribution < -0.4 is 5.32 Å². The molecular formula is C20H28N4S. The fourth-order valence-corrected chi connectivity index (χ4v) is 4.58. The van der Waals surface area contributed by atoms with Gasteiger partial charge < -0.3 is 10.2 Å². The summed E-state index contributed by atoms with van der Waals surface area (Å²) in [6, 6.07) is 10.5. The van der Waals surface area contributed by atoms with Crippen molar-refractivity contribution < 1.29 is 0 Å². The molecular weight excluding hydrogens is 328 g/mol. The van der Waals surface area contributed by atoms with E-state index in [1.54, 1.807) is 0 Å². The average molecular weight is 357 g/mol. The number of nitrogens with one attached hydrogen (secondary N) is 1. The van der Waals surface area contributed by atoms with Gasteiger partial charge in [-0.3, -0.25) is 9.98 Å². The van der Waals surface area contributed by atoms with Gasteiger partial charge >= 0.3 is 0 Å². The Kier molecular flexibility index (Phi) is 6.19. The summed E-state index contributed by atoms with van der Waals surface area (Å²) in [6.45, 7) is 7.65. The Morgan fingerprint density at radius 3 is 3.00 bits per heavy atom. The molecule has 1 N–H and O–H groups in total. The molecule has 1 unspecified atom stereocenters. The van der Waals surface area contributed by atoms with Crippen LogP contribution in [0.2, 0.25) is 0 Å². The lowest BCUT2D eigenvalue weighted by Gasteiger charge is -2.36. The standard InChI is InChI=1S/C20H28N4S/c1-15(2)18-14-24(12-13-25-18)20(21-3)23-11-9-17-7-4-6-16-8-5-10-22-19(16)17/h4-8,10,15,18H,9,11-14H2,1-3H3,(H,21,23). The number of guanidine groups is 1. The van der Waals surface area contributed by atoms with Crippen LogP contribution in [0.5, 0.6) is 0 Å². The van der Waals surface area contributed by atoms with Crippen LogP contribution in [-0.4, -0.2) is 53.5 Å². The number of nitrogens with zero attached hydrogens (tertiary/aromatic N) is 3. The van der Waals surface area contributed by atoms with Crippen molar-refractivity contribution in [2.24, 2.45) is 10.9 Å². The number of thioether (sulfide) groups is 1. The molecule has 25 heavy (non-hydrogen) atoms. The maximum Gasteiger partial charge on any atom is 0.193 e. The fraction of sp³-hybridized carbons (Fsp3) is 0.500. The van der Waals surface area contributed by atoms with E-state index in [0.29, 0.717) is 11.2 Å². The molecule has 4 nitrogen and oxygen atoms in total. The van der Waals surface area contributed by atoms with Gasteiger partial charge in [-0.25, -0.2) is 0 Å². The summed E-state index contributed by atoms with van der Waals surface area (Å²) in [4.78, 5) is 11.5. The minimum absolute atomic E-state index is 0.689. The summed E-state index contributed by atoms with van der Waals surface area (Å²) in [5.74, 6) is 2.91. The van der Waals surface area contributed by atoms with Crippen molar-refractivity contribution in [1.82, 2.24) is 15.2 Å². The van der Waals surface area contributed by atoms with Crippen LogP contribution in [0.15, 0.2) is 41.5 Å². The molecule has 134 valence electrons. The summed E-state index contributed by atoms with van der Waals surface area (Å²) in [5, 5.41) is 5.45. The normalized spacial score (nSPS) is 18.8. The van der Waals surface area contributed by atoms with E-state index < -0.39 is 0 Å². The van der Waals surface area contributed by atoms with Crippen LogP contribution in [0.25, 0.3) is 10.9 Å². The lowest BCUT2D eigenvalue weighted by Crippen LogP contribution is -2.49. The van der Waals surface area contributed by atoms with Crippen LogP contribution in [0, 0.1) is 5.92 Å². The molecule has 0 spiro atoms. The van der Waals surface area contributed by atoms with Crippen molar-refractivity contribution in [1.29, 1.82) is 0 Å². The molecule has 5 heteroatoms. The highest BCUT2D eigenvalue weighted by Crippen LogP contribution is 2.24. The van der Waals surface area contributed by atoms with E-state index in [1.165, 1.54) is 16.7 Å². The Labute approximate surface area is 155 Å². The molecule has 2 heterocycles. The Bertz CT molecular complexity index is 723. The fourth-order valence-electron chi connectivity index (χ4n) is 3.28. The van der Waals surface area contributed by atoms with E-state index >= 15 is 0 Å². The molecule has 0 radical (unpaired) electrons. The number of rotatable bonds is 4.